The van der Waals surface area contributed by atoms with Crippen molar-refractivity contribution in [1.82, 2.24) is 0 Å². The van der Waals surface area contributed by atoms with Crippen LogP contribution < -0.4 is 16.2 Å². The smallest absolute Gasteiger partial charge is 0.251 e. The van der Waals surface area contributed by atoms with E-state index in [-0.39, 0.29) is 5.91 Å². The van der Waals surface area contributed by atoms with Crippen molar-refractivity contribution in [2.45, 2.75) is 57.8 Å². The molecule has 1 heterocycles. The highest BCUT2D eigenvalue weighted by atomic mass is 32.1. The van der Waals surface area contributed by atoms with E-state index in [0.29, 0.717) is 23.4 Å². The van der Waals surface area contributed by atoms with E-state index in [0.717, 1.165) is 55.4 Å². The molecule has 1 aromatic rings. The molecule has 2 amide bonds. The van der Waals surface area contributed by atoms with Crippen molar-refractivity contribution in [3.05, 3.63) is 16.0 Å². The molecule has 0 aromatic carbocycles. The zero-order valence-corrected chi connectivity index (χ0v) is 15.0. The Morgan fingerprint density at radius 3 is 2.36 bits per heavy atom. The SMILES string of the molecule is NC(=O)c1c(NC(=O)[C@H]2CCCC[C@H]2C(=O)[O-])sc2c1CCCCC2. The fourth-order valence-corrected chi connectivity index (χ4v) is 5.32. The van der Waals surface area contributed by atoms with E-state index >= 15 is 0 Å². The number of rotatable bonds is 4. The van der Waals surface area contributed by atoms with Gasteiger partial charge in [-0.15, -0.1) is 11.3 Å². The second-order valence-corrected chi connectivity index (χ2v) is 8.04. The predicted molar refractivity (Wildman–Crippen MR) is 93.2 cm³/mol. The minimum Gasteiger partial charge on any atom is -0.550 e. The highest BCUT2D eigenvalue weighted by Gasteiger charge is 2.33. The summed E-state index contributed by atoms with van der Waals surface area (Å²) in [6, 6.07) is 0. The van der Waals surface area contributed by atoms with Gasteiger partial charge in [-0.25, -0.2) is 0 Å². The Labute approximate surface area is 150 Å². The predicted octanol–water partition coefficient (Wildman–Crippen LogP) is 1.61. The van der Waals surface area contributed by atoms with Gasteiger partial charge in [0.2, 0.25) is 5.91 Å². The fourth-order valence-electron chi connectivity index (χ4n) is 4.02. The van der Waals surface area contributed by atoms with Gasteiger partial charge in [0.05, 0.1) is 5.56 Å². The Kier molecular flexibility index (Phi) is 5.42. The minimum atomic E-state index is -1.17. The zero-order valence-electron chi connectivity index (χ0n) is 14.1. The van der Waals surface area contributed by atoms with Gasteiger partial charge in [-0.2, -0.15) is 0 Å². The number of nitrogens with two attached hydrogens (primary N) is 1. The lowest BCUT2D eigenvalue weighted by Crippen LogP contribution is -2.42. The summed E-state index contributed by atoms with van der Waals surface area (Å²) in [4.78, 5) is 37.1. The molecule has 0 aliphatic heterocycles. The quantitative estimate of drug-likeness (QED) is 0.791. The van der Waals surface area contributed by atoms with Crippen molar-refractivity contribution in [3.63, 3.8) is 0 Å². The lowest BCUT2D eigenvalue weighted by molar-refractivity contribution is -0.313. The van der Waals surface area contributed by atoms with E-state index in [9.17, 15) is 19.5 Å². The van der Waals surface area contributed by atoms with Gasteiger partial charge in [0.1, 0.15) is 5.00 Å². The molecule has 2 aliphatic carbocycles. The van der Waals surface area contributed by atoms with Crippen LogP contribution in [0.4, 0.5) is 5.00 Å². The average Bonchev–Trinajstić information content (AvgIpc) is 2.76. The number of carbonyl (C=O) groups excluding carboxylic acids is 3. The van der Waals surface area contributed by atoms with Crippen LogP contribution in [-0.2, 0) is 22.4 Å². The van der Waals surface area contributed by atoms with Crippen LogP contribution in [0, 0.1) is 11.8 Å². The second kappa shape index (κ2) is 7.56. The Morgan fingerprint density at radius 1 is 1.00 bits per heavy atom. The first-order valence-electron chi connectivity index (χ1n) is 8.95. The van der Waals surface area contributed by atoms with Crippen LogP contribution in [0.2, 0.25) is 0 Å². The molecule has 1 saturated carbocycles. The summed E-state index contributed by atoms with van der Waals surface area (Å²) in [5.41, 5.74) is 6.95. The van der Waals surface area contributed by atoms with Crippen LogP contribution in [-0.4, -0.2) is 17.8 Å². The molecule has 25 heavy (non-hydrogen) atoms. The molecule has 136 valence electrons. The Bertz CT molecular complexity index is 697. The minimum absolute atomic E-state index is 0.340. The Hall–Kier alpha value is -1.89. The number of carbonyl (C=O) groups is 3. The van der Waals surface area contributed by atoms with Crippen molar-refractivity contribution in [2.75, 3.05) is 5.32 Å². The van der Waals surface area contributed by atoms with Crippen molar-refractivity contribution >= 4 is 34.1 Å². The number of nitrogens with one attached hydrogen (secondary N) is 1. The number of hydrogen-bond donors (Lipinski definition) is 2. The van der Waals surface area contributed by atoms with Crippen molar-refractivity contribution in [2.24, 2.45) is 17.6 Å². The van der Waals surface area contributed by atoms with E-state index < -0.39 is 23.7 Å². The van der Waals surface area contributed by atoms with Crippen LogP contribution in [0.1, 0.15) is 65.7 Å². The number of carboxylic acid groups (broad SMARTS) is 1. The van der Waals surface area contributed by atoms with Crippen molar-refractivity contribution in [3.8, 4) is 0 Å². The number of anilines is 1. The lowest BCUT2D eigenvalue weighted by atomic mass is 9.79. The molecular weight excluding hydrogens is 340 g/mol. The Balaban J connectivity index is 1.85. The van der Waals surface area contributed by atoms with Gasteiger partial charge in [-0.05, 0) is 44.1 Å². The van der Waals surface area contributed by atoms with E-state index in [2.05, 4.69) is 5.32 Å². The monoisotopic (exact) mass is 363 g/mol. The van der Waals surface area contributed by atoms with Gasteiger partial charge in [0.25, 0.3) is 5.91 Å². The molecule has 2 aliphatic rings. The third kappa shape index (κ3) is 3.71. The molecule has 0 unspecified atom stereocenters. The summed E-state index contributed by atoms with van der Waals surface area (Å²) in [5, 5.41) is 14.6. The molecule has 3 N–H and O–H groups in total. The number of carboxylic acids is 1. The summed E-state index contributed by atoms with van der Waals surface area (Å²) in [7, 11) is 0. The third-order valence-corrected chi connectivity index (χ3v) is 6.52. The maximum atomic E-state index is 12.7. The summed E-state index contributed by atoms with van der Waals surface area (Å²) in [5.74, 6) is -3.41. The summed E-state index contributed by atoms with van der Waals surface area (Å²) >= 11 is 1.41. The maximum Gasteiger partial charge on any atom is 0.251 e. The number of thiophene rings is 1. The van der Waals surface area contributed by atoms with Gasteiger partial charge >= 0.3 is 0 Å². The molecule has 0 bridgehead atoms. The summed E-state index contributed by atoms with van der Waals surface area (Å²) in [6.45, 7) is 0. The number of amides is 2. The topological polar surface area (TPSA) is 112 Å². The van der Waals surface area contributed by atoms with Crippen molar-refractivity contribution < 1.29 is 19.5 Å². The number of aliphatic carboxylic acids is 1. The molecule has 3 rings (SSSR count). The van der Waals surface area contributed by atoms with Gasteiger partial charge in [0.15, 0.2) is 0 Å². The molecule has 6 nitrogen and oxygen atoms in total. The highest BCUT2D eigenvalue weighted by Crippen LogP contribution is 2.38. The van der Waals surface area contributed by atoms with Crippen LogP contribution in [0.25, 0.3) is 0 Å². The number of primary amides is 1. The first kappa shape index (κ1) is 17.9. The van der Waals surface area contributed by atoms with Crippen molar-refractivity contribution in [1.29, 1.82) is 0 Å². The Morgan fingerprint density at radius 2 is 1.68 bits per heavy atom. The van der Waals surface area contributed by atoms with E-state index in [4.69, 9.17) is 5.73 Å². The normalized spacial score (nSPS) is 23.4. The third-order valence-electron chi connectivity index (χ3n) is 5.31. The van der Waals surface area contributed by atoms with E-state index in [1.165, 1.54) is 11.3 Å². The lowest BCUT2D eigenvalue weighted by Gasteiger charge is -2.31. The molecule has 2 atom stereocenters. The first-order valence-corrected chi connectivity index (χ1v) is 9.76. The number of hydrogen-bond acceptors (Lipinski definition) is 5. The summed E-state index contributed by atoms with van der Waals surface area (Å²) in [6.07, 6.45) is 7.49. The average molecular weight is 363 g/mol. The number of aryl methyl sites for hydroxylation is 1. The summed E-state index contributed by atoms with van der Waals surface area (Å²) < 4.78 is 0. The van der Waals surface area contributed by atoms with Crippen LogP contribution in [0.15, 0.2) is 0 Å². The van der Waals surface area contributed by atoms with Gasteiger partial charge in [0, 0.05) is 22.7 Å². The highest BCUT2D eigenvalue weighted by molar-refractivity contribution is 7.17. The van der Waals surface area contributed by atoms with Crippen LogP contribution in [0.3, 0.4) is 0 Å². The van der Waals surface area contributed by atoms with Crippen LogP contribution >= 0.6 is 11.3 Å². The molecule has 1 aromatic heterocycles. The maximum absolute atomic E-state index is 12.7. The van der Waals surface area contributed by atoms with E-state index in [1.54, 1.807) is 0 Å². The van der Waals surface area contributed by atoms with Crippen LogP contribution in [0.5, 0.6) is 0 Å². The largest absolute Gasteiger partial charge is 0.550 e. The standard InChI is InChI=1S/C18H24N2O4S/c19-15(21)14-12-8-2-1-3-9-13(12)25-17(14)20-16(22)10-6-4-5-7-11(10)18(23)24/h10-11H,1-9H2,(H2,19,21)(H,20,22)(H,23,24)/p-1/t10-,11+/m0/s1. The molecule has 0 spiro atoms. The fraction of sp³-hybridized carbons (Fsp3) is 0.611. The van der Waals surface area contributed by atoms with Gasteiger partial charge in [-0.1, -0.05) is 19.3 Å². The van der Waals surface area contributed by atoms with Gasteiger partial charge in [-0.3, -0.25) is 9.59 Å². The van der Waals surface area contributed by atoms with E-state index in [1.807, 2.05) is 0 Å². The first-order chi connectivity index (χ1) is 12.0. The molecule has 0 saturated heterocycles. The number of fused-ring (bicyclic) bond motifs is 1. The molecule has 1 fully saturated rings. The zero-order chi connectivity index (χ0) is 18.0. The molecular formula is C18H23N2O4S-. The second-order valence-electron chi connectivity index (χ2n) is 6.94. The van der Waals surface area contributed by atoms with Gasteiger partial charge < -0.3 is 21.0 Å². The molecule has 0 radical (unpaired) electrons. The molecule has 7 heteroatoms.